The lowest BCUT2D eigenvalue weighted by molar-refractivity contribution is -0.215. The van der Waals surface area contributed by atoms with Crippen LogP contribution in [0.15, 0.2) is 52.7 Å². The van der Waals surface area contributed by atoms with Crippen molar-refractivity contribution >= 4 is 18.4 Å². The Bertz CT molecular complexity index is 1230. The van der Waals surface area contributed by atoms with Crippen LogP contribution in [0.4, 0.5) is 26.7 Å². The number of carbonyl (C=O) groups is 2. The van der Waals surface area contributed by atoms with Gasteiger partial charge in [-0.1, -0.05) is 12.1 Å². The van der Waals surface area contributed by atoms with Gasteiger partial charge in [0.15, 0.2) is 17.5 Å². The molecule has 0 aromatic heterocycles. The standard InChI is InChI=1S/C23H18F5N3O4/c24-17-6-5-16(19(25)20(17)26)23(27,28)35-22(34)31-8-7-18-15(11-31)10-30(12-29-18)9-13-1-3-14(4-2-13)21(32)33/h1-6,12H,7-11H2,(H,32,33). The Morgan fingerprint density at radius 2 is 1.74 bits per heavy atom. The maximum Gasteiger partial charge on any atom is 0.432 e. The highest BCUT2D eigenvalue weighted by Gasteiger charge is 2.42. The van der Waals surface area contributed by atoms with Crippen LogP contribution >= 0.6 is 0 Å². The monoisotopic (exact) mass is 495 g/mol. The molecule has 1 amide bonds. The number of ether oxygens (including phenoxy) is 1. The average Bonchev–Trinajstić information content (AvgIpc) is 2.82. The number of aromatic carboxylic acids is 1. The maximum atomic E-state index is 14.4. The number of carbonyl (C=O) groups excluding carboxylic acids is 1. The molecule has 0 saturated carbocycles. The summed E-state index contributed by atoms with van der Waals surface area (Å²) in [5.41, 5.74) is 0.743. The lowest BCUT2D eigenvalue weighted by Gasteiger charge is -2.34. The summed E-state index contributed by atoms with van der Waals surface area (Å²) in [5, 5.41) is 8.99. The smallest absolute Gasteiger partial charge is 0.432 e. The van der Waals surface area contributed by atoms with Crippen molar-refractivity contribution in [2.24, 2.45) is 4.99 Å². The van der Waals surface area contributed by atoms with Gasteiger partial charge < -0.3 is 19.6 Å². The second-order valence-corrected chi connectivity index (χ2v) is 7.98. The summed E-state index contributed by atoms with van der Waals surface area (Å²) in [4.78, 5) is 30.5. The van der Waals surface area contributed by atoms with Crippen molar-refractivity contribution < 1.29 is 41.4 Å². The Balaban J connectivity index is 1.40. The molecule has 1 N–H and O–H groups in total. The first kappa shape index (κ1) is 24.2. The fourth-order valence-electron chi connectivity index (χ4n) is 3.77. The third-order valence-electron chi connectivity index (χ3n) is 5.59. The number of carboxylic acids is 1. The molecule has 184 valence electrons. The topological polar surface area (TPSA) is 82.4 Å². The third-order valence-corrected chi connectivity index (χ3v) is 5.59. The van der Waals surface area contributed by atoms with Crippen LogP contribution in [0.5, 0.6) is 0 Å². The van der Waals surface area contributed by atoms with Gasteiger partial charge in [0.25, 0.3) is 0 Å². The first-order valence-electron chi connectivity index (χ1n) is 10.4. The highest BCUT2D eigenvalue weighted by Crippen LogP contribution is 2.34. The van der Waals surface area contributed by atoms with Crippen molar-refractivity contribution in [3.8, 4) is 0 Å². The Morgan fingerprint density at radius 3 is 2.43 bits per heavy atom. The molecule has 35 heavy (non-hydrogen) atoms. The molecule has 0 aliphatic carbocycles. The van der Waals surface area contributed by atoms with Gasteiger partial charge >= 0.3 is 18.2 Å². The lowest BCUT2D eigenvalue weighted by Crippen LogP contribution is -2.43. The highest BCUT2D eigenvalue weighted by atomic mass is 19.3. The van der Waals surface area contributed by atoms with E-state index in [1.165, 1.54) is 12.1 Å². The molecule has 2 heterocycles. The summed E-state index contributed by atoms with van der Waals surface area (Å²) in [5.74, 6) is -6.93. The van der Waals surface area contributed by atoms with Crippen LogP contribution in [-0.2, 0) is 17.4 Å². The minimum Gasteiger partial charge on any atom is -0.478 e. The molecule has 2 aromatic carbocycles. The minimum absolute atomic E-state index is 0.0159. The fourth-order valence-corrected chi connectivity index (χ4v) is 3.77. The maximum absolute atomic E-state index is 14.4. The molecule has 0 unspecified atom stereocenters. The van der Waals surface area contributed by atoms with Gasteiger partial charge in [-0.15, -0.1) is 0 Å². The summed E-state index contributed by atoms with van der Waals surface area (Å²) in [6, 6.07) is 6.89. The van der Waals surface area contributed by atoms with Crippen LogP contribution in [0.3, 0.4) is 0 Å². The van der Waals surface area contributed by atoms with Gasteiger partial charge in [0.05, 0.1) is 11.9 Å². The SMILES string of the molecule is O=C(O)c1ccc(CN2C=NC3=C(C2)CN(C(=O)OC(F)(F)c2ccc(F)c(F)c2F)CC3)cc1. The number of hydrogen-bond acceptors (Lipinski definition) is 5. The molecule has 2 aliphatic heterocycles. The van der Waals surface area contributed by atoms with E-state index in [2.05, 4.69) is 9.73 Å². The Hall–Kier alpha value is -3.96. The molecule has 7 nitrogen and oxygen atoms in total. The van der Waals surface area contributed by atoms with Gasteiger partial charge in [0.1, 0.15) is 5.56 Å². The first-order chi connectivity index (χ1) is 16.5. The molecule has 0 saturated heterocycles. The first-order valence-corrected chi connectivity index (χ1v) is 10.4. The van der Waals surface area contributed by atoms with E-state index >= 15 is 0 Å². The molecule has 0 atom stereocenters. The predicted molar refractivity (Wildman–Crippen MR) is 112 cm³/mol. The van der Waals surface area contributed by atoms with E-state index in [4.69, 9.17) is 5.11 Å². The Labute approximate surface area is 195 Å². The summed E-state index contributed by atoms with van der Waals surface area (Å²) in [7, 11) is 0. The van der Waals surface area contributed by atoms with Crippen LogP contribution in [0, 0.1) is 17.5 Å². The second kappa shape index (κ2) is 9.35. The van der Waals surface area contributed by atoms with Gasteiger partial charge in [0, 0.05) is 38.3 Å². The van der Waals surface area contributed by atoms with Crippen LogP contribution in [0.2, 0.25) is 0 Å². The van der Waals surface area contributed by atoms with Crippen molar-refractivity contribution in [2.75, 3.05) is 19.6 Å². The molecule has 2 aliphatic rings. The van der Waals surface area contributed by atoms with Crippen LogP contribution < -0.4 is 0 Å². The number of hydrogen-bond donors (Lipinski definition) is 1. The lowest BCUT2D eigenvalue weighted by atomic mass is 10.0. The molecular formula is C23H18F5N3O4. The van der Waals surface area contributed by atoms with Crippen molar-refractivity contribution in [1.82, 2.24) is 9.80 Å². The molecule has 12 heteroatoms. The van der Waals surface area contributed by atoms with E-state index in [1.807, 2.05) is 0 Å². The Kier molecular flexibility index (Phi) is 6.46. The molecule has 4 rings (SSSR count). The zero-order valence-corrected chi connectivity index (χ0v) is 18.0. The number of alkyl halides is 2. The highest BCUT2D eigenvalue weighted by molar-refractivity contribution is 5.87. The quantitative estimate of drug-likeness (QED) is 0.488. The second-order valence-electron chi connectivity index (χ2n) is 7.98. The van der Waals surface area contributed by atoms with Crippen molar-refractivity contribution in [2.45, 2.75) is 19.1 Å². The number of halogens is 5. The number of rotatable bonds is 5. The molecule has 2 aromatic rings. The van der Waals surface area contributed by atoms with Gasteiger partial charge in [-0.2, -0.15) is 8.78 Å². The van der Waals surface area contributed by atoms with Crippen molar-refractivity contribution in [3.63, 3.8) is 0 Å². The summed E-state index contributed by atoms with van der Waals surface area (Å²) in [6.07, 6.45) is -4.09. The molecule has 0 spiro atoms. The van der Waals surface area contributed by atoms with Crippen LogP contribution in [-0.4, -0.2) is 52.9 Å². The number of carboxylic acid groups (broad SMARTS) is 1. The molecular weight excluding hydrogens is 477 g/mol. The summed E-state index contributed by atoms with van der Waals surface area (Å²) in [6.45, 7) is 0.661. The normalized spacial score (nSPS) is 15.8. The molecule has 0 fully saturated rings. The largest absolute Gasteiger partial charge is 0.478 e. The predicted octanol–water partition coefficient (Wildman–Crippen LogP) is 4.49. The number of benzene rings is 2. The van der Waals surface area contributed by atoms with E-state index in [0.29, 0.717) is 36.5 Å². The summed E-state index contributed by atoms with van der Waals surface area (Å²) >= 11 is 0. The van der Waals surface area contributed by atoms with Gasteiger partial charge in [-0.3, -0.25) is 0 Å². The van der Waals surface area contributed by atoms with Crippen LogP contribution in [0.1, 0.15) is 27.9 Å². The number of aliphatic imine (C=N–C) groups is 1. The summed E-state index contributed by atoms with van der Waals surface area (Å²) < 4.78 is 73.1. The zero-order valence-electron chi connectivity index (χ0n) is 18.0. The fraction of sp³-hybridized carbons (Fsp3) is 0.261. The van der Waals surface area contributed by atoms with E-state index in [-0.39, 0.29) is 25.1 Å². The third kappa shape index (κ3) is 5.10. The van der Waals surface area contributed by atoms with E-state index in [0.717, 1.165) is 10.5 Å². The number of nitrogens with zero attached hydrogens (tertiary/aromatic N) is 3. The zero-order chi connectivity index (χ0) is 25.3. The van der Waals surface area contributed by atoms with Gasteiger partial charge in [0.2, 0.25) is 0 Å². The van der Waals surface area contributed by atoms with Crippen LogP contribution in [0.25, 0.3) is 0 Å². The van der Waals surface area contributed by atoms with Crippen molar-refractivity contribution in [1.29, 1.82) is 0 Å². The van der Waals surface area contributed by atoms with E-state index in [1.54, 1.807) is 23.4 Å². The molecule has 0 radical (unpaired) electrons. The average molecular weight is 495 g/mol. The van der Waals surface area contributed by atoms with Gasteiger partial charge in [-0.05, 0) is 35.4 Å². The van der Waals surface area contributed by atoms with E-state index in [9.17, 15) is 31.5 Å². The Morgan fingerprint density at radius 1 is 1.03 bits per heavy atom. The van der Waals surface area contributed by atoms with Gasteiger partial charge in [-0.25, -0.2) is 27.8 Å². The minimum atomic E-state index is -4.52. The molecule has 0 bridgehead atoms. The van der Waals surface area contributed by atoms with E-state index < -0.39 is 41.2 Å². The number of amides is 1. The van der Waals surface area contributed by atoms with Crippen molar-refractivity contribution in [3.05, 3.63) is 81.8 Å².